The van der Waals surface area contributed by atoms with Gasteiger partial charge in [0.15, 0.2) is 5.78 Å². The largest absolute Gasteiger partial charge is 0.384 e. The summed E-state index contributed by atoms with van der Waals surface area (Å²) in [5.74, 6) is -0.454. The topological polar surface area (TPSA) is 90.3 Å². The first-order valence-electron chi connectivity index (χ1n) is 8.25. The maximum absolute atomic E-state index is 12.8. The van der Waals surface area contributed by atoms with Crippen molar-refractivity contribution in [1.29, 1.82) is 0 Å². The predicted molar refractivity (Wildman–Crippen MR) is 97.4 cm³/mol. The third kappa shape index (κ3) is 2.75. The lowest BCUT2D eigenvalue weighted by atomic mass is 9.97. The van der Waals surface area contributed by atoms with Gasteiger partial charge in [0.05, 0.1) is 6.54 Å². The molecule has 0 fully saturated rings. The van der Waals surface area contributed by atoms with Gasteiger partial charge in [0.25, 0.3) is 5.56 Å². The van der Waals surface area contributed by atoms with Crippen LogP contribution in [0.25, 0.3) is 0 Å². The fraction of sp³-hybridized carbons (Fsp3) is 0.389. The number of hydrogen-bond acceptors (Lipinski definition) is 5. The van der Waals surface area contributed by atoms with Crippen molar-refractivity contribution in [1.82, 2.24) is 9.13 Å². The molecule has 0 saturated carbocycles. The number of hydrogen-bond donors (Lipinski definition) is 1. The minimum atomic E-state index is -0.646. The Bertz CT molecular complexity index is 972. The van der Waals surface area contributed by atoms with Crippen LogP contribution in [-0.2, 0) is 20.5 Å². The van der Waals surface area contributed by atoms with Gasteiger partial charge in [-0.05, 0) is 30.9 Å². The number of para-hydroxylation sites is 1. The Morgan fingerprint density at radius 3 is 2.64 bits per heavy atom. The van der Waals surface area contributed by atoms with Crippen LogP contribution in [0.1, 0.15) is 27.9 Å². The highest BCUT2D eigenvalue weighted by molar-refractivity contribution is 6.02. The van der Waals surface area contributed by atoms with Crippen molar-refractivity contribution >= 4 is 17.3 Å². The van der Waals surface area contributed by atoms with Gasteiger partial charge in [0, 0.05) is 26.3 Å². The second-order valence-corrected chi connectivity index (χ2v) is 6.50. The van der Waals surface area contributed by atoms with Crippen LogP contribution in [0.4, 0.5) is 11.5 Å². The Morgan fingerprint density at radius 1 is 1.20 bits per heavy atom. The Kier molecular flexibility index (Phi) is 4.24. The van der Waals surface area contributed by atoms with E-state index in [-0.39, 0.29) is 23.7 Å². The van der Waals surface area contributed by atoms with Crippen LogP contribution in [0.5, 0.6) is 0 Å². The number of nitrogens with two attached hydrogens (primary N) is 1. The maximum Gasteiger partial charge on any atom is 0.332 e. The Labute approximate surface area is 145 Å². The minimum Gasteiger partial charge on any atom is -0.384 e. The highest BCUT2D eigenvalue weighted by atomic mass is 16.2. The first-order valence-corrected chi connectivity index (χ1v) is 8.25. The number of benzene rings is 1. The average molecular weight is 342 g/mol. The van der Waals surface area contributed by atoms with Gasteiger partial charge < -0.3 is 10.6 Å². The molecule has 25 heavy (non-hydrogen) atoms. The van der Waals surface area contributed by atoms with Gasteiger partial charge in [-0.1, -0.05) is 18.2 Å². The van der Waals surface area contributed by atoms with Gasteiger partial charge in [-0.2, -0.15) is 0 Å². The number of rotatable bonds is 3. The lowest BCUT2D eigenvalue weighted by Crippen LogP contribution is -2.44. The van der Waals surface area contributed by atoms with E-state index in [9.17, 15) is 14.4 Å². The zero-order valence-electron chi connectivity index (χ0n) is 14.7. The third-order valence-electron chi connectivity index (χ3n) is 4.83. The molecule has 1 aromatic carbocycles. The number of aryl methyl sites for hydroxylation is 2. The van der Waals surface area contributed by atoms with E-state index in [1.165, 1.54) is 19.7 Å². The van der Waals surface area contributed by atoms with E-state index < -0.39 is 11.2 Å². The van der Waals surface area contributed by atoms with Crippen molar-refractivity contribution in [3.05, 3.63) is 55.7 Å². The average Bonchev–Trinajstić information content (AvgIpc) is 2.59. The molecular weight excluding hydrogens is 320 g/mol. The first kappa shape index (κ1) is 17.0. The zero-order valence-corrected chi connectivity index (χ0v) is 14.7. The standard InChI is InChI=1S/C18H22N4O3/c1-11-6-4-7-12-8-5-9-22(15(11)12)10-13(23)14-16(19)20(2)18(25)21(3)17(14)24/h4,6-7H,5,8-10,19H2,1-3H3. The highest BCUT2D eigenvalue weighted by Crippen LogP contribution is 2.30. The second kappa shape index (κ2) is 6.23. The molecule has 7 nitrogen and oxygen atoms in total. The molecule has 0 amide bonds. The third-order valence-corrected chi connectivity index (χ3v) is 4.83. The van der Waals surface area contributed by atoms with Crippen molar-refractivity contribution in [2.75, 3.05) is 23.7 Å². The second-order valence-electron chi connectivity index (χ2n) is 6.50. The van der Waals surface area contributed by atoms with Crippen molar-refractivity contribution in [3.63, 3.8) is 0 Å². The van der Waals surface area contributed by atoms with Gasteiger partial charge in [-0.15, -0.1) is 0 Å². The molecule has 2 aromatic rings. The molecular formula is C18H22N4O3. The minimum absolute atomic E-state index is 0.0650. The van der Waals surface area contributed by atoms with Crippen LogP contribution in [-0.4, -0.2) is 28.0 Å². The summed E-state index contributed by atoms with van der Waals surface area (Å²) < 4.78 is 2.04. The van der Waals surface area contributed by atoms with E-state index in [0.717, 1.165) is 39.8 Å². The molecule has 2 N–H and O–H groups in total. The van der Waals surface area contributed by atoms with Gasteiger partial charge in [0.2, 0.25) is 0 Å². The number of nitrogen functional groups attached to an aromatic ring is 1. The molecule has 132 valence electrons. The predicted octanol–water partition coefficient (Wildman–Crippen LogP) is 0.610. The summed E-state index contributed by atoms with van der Waals surface area (Å²) in [4.78, 5) is 39.1. The normalized spacial score (nSPS) is 13.6. The summed E-state index contributed by atoms with van der Waals surface area (Å²) in [7, 11) is 2.80. The van der Waals surface area contributed by atoms with Gasteiger partial charge >= 0.3 is 5.69 Å². The lowest BCUT2D eigenvalue weighted by Gasteiger charge is -2.32. The fourth-order valence-corrected chi connectivity index (χ4v) is 3.48. The van der Waals surface area contributed by atoms with Crippen LogP contribution in [0, 0.1) is 6.92 Å². The molecule has 0 saturated heterocycles. The van der Waals surface area contributed by atoms with Crippen LogP contribution >= 0.6 is 0 Å². The SMILES string of the molecule is Cc1cccc2c1N(CC(=O)c1c(N)n(C)c(=O)n(C)c1=O)CCC2. The molecule has 2 heterocycles. The molecule has 0 unspecified atom stereocenters. The number of anilines is 2. The Hall–Kier alpha value is -2.83. The summed E-state index contributed by atoms with van der Waals surface area (Å²) in [6.07, 6.45) is 1.93. The van der Waals surface area contributed by atoms with Crippen molar-refractivity contribution in [2.45, 2.75) is 19.8 Å². The molecule has 0 atom stereocenters. The molecule has 0 radical (unpaired) electrons. The van der Waals surface area contributed by atoms with E-state index in [1.54, 1.807) is 0 Å². The summed E-state index contributed by atoms with van der Waals surface area (Å²) in [5, 5.41) is 0. The number of Topliss-reactive ketones (excluding diaryl/α,β-unsaturated/α-hetero) is 1. The first-order chi connectivity index (χ1) is 11.8. The molecule has 1 aliphatic heterocycles. The number of aromatic nitrogens is 2. The van der Waals surface area contributed by atoms with E-state index >= 15 is 0 Å². The highest BCUT2D eigenvalue weighted by Gasteiger charge is 2.25. The monoisotopic (exact) mass is 342 g/mol. The zero-order chi connectivity index (χ0) is 18.3. The molecule has 7 heteroatoms. The van der Waals surface area contributed by atoms with Crippen molar-refractivity contribution in [2.24, 2.45) is 14.1 Å². The van der Waals surface area contributed by atoms with E-state index in [2.05, 4.69) is 6.07 Å². The van der Waals surface area contributed by atoms with Crippen LogP contribution < -0.4 is 21.9 Å². The molecule has 1 aromatic heterocycles. The van der Waals surface area contributed by atoms with Gasteiger partial charge in [0.1, 0.15) is 11.4 Å². The summed E-state index contributed by atoms with van der Waals surface area (Å²) >= 11 is 0. The van der Waals surface area contributed by atoms with Crippen LogP contribution in [0.3, 0.4) is 0 Å². The number of ketones is 1. The molecule has 0 spiro atoms. The van der Waals surface area contributed by atoms with Crippen molar-refractivity contribution < 1.29 is 4.79 Å². The summed E-state index contributed by atoms with van der Waals surface area (Å²) in [5.41, 5.74) is 7.95. The fourth-order valence-electron chi connectivity index (χ4n) is 3.48. The van der Waals surface area contributed by atoms with Gasteiger partial charge in [-0.25, -0.2) is 4.79 Å². The number of carbonyl (C=O) groups is 1. The van der Waals surface area contributed by atoms with E-state index in [0.29, 0.717) is 0 Å². The maximum atomic E-state index is 12.8. The number of fused-ring (bicyclic) bond motifs is 1. The van der Waals surface area contributed by atoms with Gasteiger partial charge in [-0.3, -0.25) is 18.7 Å². The molecule has 1 aliphatic rings. The smallest absolute Gasteiger partial charge is 0.332 e. The molecule has 0 bridgehead atoms. The Balaban J connectivity index is 2.01. The van der Waals surface area contributed by atoms with Crippen LogP contribution in [0.15, 0.2) is 27.8 Å². The van der Waals surface area contributed by atoms with Crippen LogP contribution in [0.2, 0.25) is 0 Å². The Morgan fingerprint density at radius 2 is 1.92 bits per heavy atom. The summed E-state index contributed by atoms with van der Waals surface area (Å²) in [6.45, 7) is 2.83. The molecule has 0 aliphatic carbocycles. The van der Waals surface area contributed by atoms with E-state index in [1.807, 2.05) is 24.0 Å². The number of nitrogens with zero attached hydrogens (tertiary/aromatic N) is 3. The van der Waals surface area contributed by atoms with E-state index in [4.69, 9.17) is 5.73 Å². The molecule has 3 rings (SSSR count). The quantitative estimate of drug-likeness (QED) is 0.826. The summed E-state index contributed by atoms with van der Waals surface area (Å²) in [6, 6.07) is 6.10. The van der Waals surface area contributed by atoms with Crippen molar-refractivity contribution in [3.8, 4) is 0 Å². The lowest BCUT2D eigenvalue weighted by molar-refractivity contribution is 0.0996. The number of carbonyl (C=O) groups excluding carboxylic acids is 1.